The van der Waals surface area contributed by atoms with Crippen LogP contribution in [0.2, 0.25) is 0 Å². The monoisotopic (exact) mass is 207 g/mol. The van der Waals surface area contributed by atoms with Gasteiger partial charge < -0.3 is 10.0 Å². The predicted octanol–water partition coefficient (Wildman–Crippen LogP) is 2.93. The van der Waals surface area contributed by atoms with Crippen molar-refractivity contribution in [3.05, 3.63) is 29.3 Å². The second kappa shape index (κ2) is 5.76. The molecule has 0 aliphatic heterocycles. The van der Waals surface area contributed by atoms with Crippen LogP contribution in [0.1, 0.15) is 30.9 Å². The third-order valence-electron chi connectivity index (χ3n) is 2.65. The maximum Gasteiger partial charge on any atom is 0.122 e. The van der Waals surface area contributed by atoms with E-state index in [2.05, 4.69) is 18.9 Å². The Bertz CT molecular complexity index is 309. The van der Waals surface area contributed by atoms with Crippen molar-refractivity contribution in [1.29, 1.82) is 0 Å². The van der Waals surface area contributed by atoms with Gasteiger partial charge in [0.1, 0.15) is 5.75 Å². The first kappa shape index (κ1) is 12.1. The molecule has 15 heavy (non-hydrogen) atoms. The molecule has 1 rings (SSSR count). The molecule has 0 aromatic heterocycles. The first-order valence-corrected chi connectivity index (χ1v) is 5.61. The van der Waals surface area contributed by atoms with E-state index in [-0.39, 0.29) is 0 Å². The molecule has 1 aromatic carbocycles. The average molecular weight is 207 g/mol. The van der Waals surface area contributed by atoms with Gasteiger partial charge in [0, 0.05) is 12.1 Å². The summed E-state index contributed by atoms with van der Waals surface area (Å²) in [5.74, 6) is 0.445. The molecule has 1 N–H and O–H groups in total. The lowest BCUT2D eigenvalue weighted by Crippen LogP contribution is -2.19. The number of benzene rings is 1. The SMILES string of the molecule is CCCCN(C)Cc1cccc(C)c1O. The van der Waals surface area contributed by atoms with Crippen molar-refractivity contribution in [3.63, 3.8) is 0 Å². The van der Waals surface area contributed by atoms with E-state index in [1.807, 2.05) is 25.1 Å². The molecule has 0 fully saturated rings. The summed E-state index contributed by atoms with van der Waals surface area (Å²) in [5, 5.41) is 9.85. The summed E-state index contributed by atoms with van der Waals surface area (Å²) >= 11 is 0. The molecule has 1 aromatic rings. The van der Waals surface area contributed by atoms with Gasteiger partial charge in [0.15, 0.2) is 0 Å². The highest BCUT2D eigenvalue weighted by atomic mass is 16.3. The van der Waals surface area contributed by atoms with Crippen LogP contribution in [-0.4, -0.2) is 23.6 Å². The largest absolute Gasteiger partial charge is 0.507 e. The lowest BCUT2D eigenvalue weighted by molar-refractivity contribution is 0.314. The standard InChI is InChI=1S/C13H21NO/c1-4-5-9-14(3)10-12-8-6-7-11(2)13(12)15/h6-8,15H,4-5,9-10H2,1-3H3. The van der Waals surface area contributed by atoms with Gasteiger partial charge in [0.05, 0.1) is 0 Å². The average Bonchev–Trinajstić information content (AvgIpc) is 2.22. The van der Waals surface area contributed by atoms with E-state index in [0.29, 0.717) is 5.75 Å². The van der Waals surface area contributed by atoms with E-state index in [9.17, 15) is 5.11 Å². The lowest BCUT2D eigenvalue weighted by Gasteiger charge is -2.17. The van der Waals surface area contributed by atoms with Crippen molar-refractivity contribution in [1.82, 2.24) is 4.90 Å². The molecule has 0 bridgehead atoms. The van der Waals surface area contributed by atoms with Gasteiger partial charge in [-0.05, 0) is 32.5 Å². The number of phenolic OH excluding ortho intramolecular Hbond substituents is 1. The summed E-state index contributed by atoms with van der Waals surface area (Å²) < 4.78 is 0. The Morgan fingerprint density at radius 1 is 1.33 bits per heavy atom. The minimum absolute atomic E-state index is 0.445. The Labute approximate surface area is 92.5 Å². The van der Waals surface area contributed by atoms with E-state index < -0.39 is 0 Å². The molecule has 0 saturated heterocycles. The molecule has 2 heteroatoms. The third kappa shape index (κ3) is 3.56. The van der Waals surface area contributed by atoms with Gasteiger partial charge in [-0.3, -0.25) is 0 Å². The van der Waals surface area contributed by atoms with Crippen molar-refractivity contribution in [3.8, 4) is 5.75 Å². The summed E-state index contributed by atoms with van der Waals surface area (Å²) in [6.45, 7) is 6.04. The van der Waals surface area contributed by atoms with Gasteiger partial charge in [-0.1, -0.05) is 31.5 Å². The fraction of sp³-hybridized carbons (Fsp3) is 0.538. The van der Waals surface area contributed by atoms with Gasteiger partial charge in [0.2, 0.25) is 0 Å². The molecular weight excluding hydrogens is 186 g/mol. The summed E-state index contributed by atoms with van der Waals surface area (Å²) in [7, 11) is 2.09. The van der Waals surface area contributed by atoms with Gasteiger partial charge in [-0.15, -0.1) is 0 Å². The van der Waals surface area contributed by atoms with Crippen LogP contribution in [0.5, 0.6) is 5.75 Å². The van der Waals surface area contributed by atoms with Crippen LogP contribution < -0.4 is 0 Å². The lowest BCUT2D eigenvalue weighted by atomic mass is 10.1. The van der Waals surface area contributed by atoms with Crippen molar-refractivity contribution in [2.24, 2.45) is 0 Å². The van der Waals surface area contributed by atoms with Gasteiger partial charge in [-0.2, -0.15) is 0 Å². The van der Waals surface area contributed by atoms with Gasteiger partial charge >= 0.3 is 0 Å². The number of phenols is 1. The Balaban J connectivity index is 2.60. The molecule has 0 atom stereocenters. The zero-order valence-corrected chi connectivity index (χ0v) is 9.95. The summed E-state index contributed by atoms with van der Waals surface area (Å²) in [6, 6.07) is 5.92. The van der Waals surface area contributed by atoms with Crippen LogP contribution in [0.4, 0.5) is 0 Å². The Morgan fingerprint density at radius 3 is 2.73 bits per heavy atom. The minimum atomic E-state index is 0.445. The second-order valence-corrected chi connectivity index (χ2v) is 4.17. The van der Waals surface area contributed by atoms with Crippen molar-refractivity contribution >= 4 is 0 Å². The fourth-order valence-corrected chi connectivity index (χ4v) is 1.65. The smallest absolute Gasteiger partial charge is 0.122 e. The van der Waals surface area contributed by atoms with Gasteiger partial charge in [-0.25, -0.2) is 0 Å². The maximum absolute atomic E-state index is 9.85. The van der Waals surface area contributed by atoms with Crippen LogP contribution >= 0.6 is 0 Å². The van der Waals surface area contributed by atoms with E-state index in [0.717, 1.165) is 24.2 Å². The summed E-state index contributed by atoms with van der Waals surface area (Å²) in [4.78, 5) is 2.25. The molecular formula is C13H21NO. The fourth-order valence-electron chi connectivity index (χ4n) is 1.65. The van der Waals surface area contributed by atoms with E-state index in [1.54, 1.807) is 0 Å². The number of rotatable bonds is 5. The summed E-state index contributed by atoms with van der Waals surface area (Å²) in [5.41, 5.74) is 1.98. The van der Waals surface area contributed by atoms with E-state index in [1.165, 1.54) is 12.8 Å². The van der Waals surface area contributed by atoms with E-state index >= 15 is 0 Å². The highest BCUT2D eigenvalue weighted by Crippen LogP contribution is 2.22. The third-order valence-corrected chi connectivity index (χ3v) is 2.65. The molecule has 0 aliphatic rings. The van der Waals surface area contributed by atoms with Crippen LogP contribution in [0.3, 0.4) is 0 Å². The highest BCUT2D eigenvalue weighted by molar-refractivity contribution is 5.39. The second-order valence-electron chi connectivity index (χ2n) is 4.17. The molecule has 0 radical (unpaired) electrons. The van der Waals surface area contributed by atoms with Crippen LogP contribution in [0, 0.1) is 6.92 Å². The molecule has 0 amide bonds. The zero-order chi connectivity index (χ0) is 11.3. The number of hydrogen-bond acceptors (Lipinski definition) is 2. The van der Waals surface area contributed by atoms with Crippen LogP contribution in [0.25, 0.3) is 0 Å². The number of hydrogen-bond donors (Lipinski definition) is 1. The number of nitrogens with zero attached hydrogens (tertiary/aromatic N) is 1. The molecule has 0 aliphatic carbocycles. The Hall–Kier alpha value is -1.02. The Morgan fingerprint density at radius 2 is 2.07 bits per heavy atom. The number of aromatic hydroxyl groups is 1. The van der Waals surface area contributed by atoms with Crippen molar-refractivity contribution in [2.75, 3.05) is 13.6 Å². The van der Waals surface area contributed by atoms with Crippen LogP contribution in [-0.2, 0) is 6.54 Å². The quantitative estimate of drug-likeness (QED) is 0.802. The normalized spacial score (nSPS) is 10.9. The zero-order valence-electron chi connectivity index (χ0n) is 9.95. The molecule has 2 nitrogen and oxygen atoms in total. The molecule has 0 spiro atoms. The number of para-hydroxylation sites is 1. The highest BCUT2D eigenvalue weighted by Gasteiger charge is 2.05. The summed E-state index contributed by atoms with van der Waals surface area (Å²) in [6.07, 6.45) is 2.42. The molecule has 0 heterocycles. The molecule has 0 unspecified atom stereocenters. The van der Waals surface area contributed by atoms with Gasteiger partial charge in [0.25, 0.3) is 0 Å². The van der Waals surface area contributed by atoms with E-state index in [4.69, 9.17) is 0 Å². The first-order chi connectivity index (χ1) is 7.15. The maximum atomic E-state index is 9.85. The van der Waals surface area contributed by atoms with Crippen molar-refractivity contribution in [2.45, 2.75) is 33.2 Å². The van der Waals surface area contributed by atoms with Crippen LogP contribution in [0.15, 0.2) is 18.2 Å². The topological polar surface area (TPSA) is 23.5 Å². The molecule has 0 saturated carbocycles. The predicted molar refractivity (Wildman–Crippen MR) is 64.1 cm³/mol. The van der Waals surface area contributed by atoms with Crippen molar-refractivity contribution < 1.29 is 5.11 Å². The molecule has 84 valence electrons. The number of aryl methyl sites for hydroxylation is 1. The number of unbranched alkanes of at least 4 members (excludes halogenated alkanes) is 1. The Kier molecular flexibility index (Phi) is 4.63. The minimum Gasteiger partial charge on any atom is -0.507 e. The first-order valence-electron chi connectivity index (χ1n) is 5.61.